The molecule has 5 heteroatoms. The van der Waals surface area contributed by atoms with Crippen LogP contribution in [-0.4, -0.2) is 16.4 Å². The molecule has 0 heterocycles. The fraction of sp³-hybridized carbons (Fsp3) is 0.500. The second kappa shape index (κ2) is 15.8. The van der Waals surface area contributed by atoms with Gasteiger partial charge in [-0.05, 0) is 0 Å². The Morgan fingerprint density at radius 3 is 1.43 bits per heavy atom. The maximum atomic E-state index is 8.56. The first-order valence-corrected chi connectivity index (χ1v) is 0.651. The molecule has 0 aromatic rings. The maximum absolute atomic E-state index is 8.56. The summed E-state index contributed by atoms with van der Waals surface area (Å²) in [5.41, 5.74) is 0. The molecule has 0 saturated heterocycles. The zero-order chi connectivity index (χ0) is 3.58. The standard InChI is InChI=1S/CH2O3.CH4.Fe.Na.H/c2-1(3)4;;;;/h(H2,2,3,4);1H4;;;/q;;;+1;-1. The predicted molar refractivity (Wildman–Crippen MR) is 18.5 cm³/mol. The van der Waals surface area contributed by atoms with Gasteiger partial charge < -0.3 is 11.6 Å². The van der Waals surface area contributed by atoms with Gasteiger partial charge in [-0.1, -0.05) is 7.43 Å². The van der Waals surface area contributed by atoms with Crippen molar-refractivity contribution in [2.75, 3.05) is 0 Å². The summed E-state index contributed by atoms with van der Waals surface area (Å²) in [7, 11) is 0. The molecule has 3 nitrogen and oxygen atoms in total. The zero-order valence-electron chi connectivity index (χ0n) is 4.16. The van der Waals surface area contributed by atoms with E-state index in [4.69, 9.17) is 15.0 Å². The monoisotopic (exact) mass is 158 g/mol. The minimum absolute atomic E-state index is 0. The maximum Gasteiger partial charge on any atom is 1.00 e. The normalized spacial score (nSPS) is 3.43. The summed E-state index contributed by atoms with van der Waals surface area (Å²) in [6.45, 7) is 0. The van der Waals surface area contributed by atoms with Gasteiger partial charge in [-0.15, -0.1) is 0 Å². The molecule has 0 aliphatic carbocycles. The quantitative estimate of drug-likeness (QED) is 0.399. The van der Waals surface area contributed by atoms with Crippen molar-refractivity contribution in [3.8, 4) is 0 Å². The number of hydrogen-bond donors (Lipinski definition) is 2. The molecule has 0 aliphatic rings. The number of hydrogen-bond acceptors (Lipinski definition) is 1. The summed E-state index contributed by atoms with van der Waals surface area (Å²) in [5, 5.41) is 13.9. The molecule has 0 atom stereocenters. The summed E-state index contributed by atoms with van der Waals surface area (Å²) >= 11 is 0. The van der Waals surface area contributed by atoms with Crippen LogP contribution in [0.1, 0.15) is 8.85 Å². The van der Waals surface area contributed by atoms with Crippen molar-refractivity contribution in [2.24, 2.45) is 0 Å². The molecule has 0 spiro atoms. The molecule has 0 aromatic heterocycles. The Hall–Kier alpha value is 0.789. The Balaban J connectivity index is -0.00000000750. The van der Waals surface area contributed by atoms with Crippen LogP contribution in [0, 0.1) is 0 Å². The molecule has 0 radical (unpaired) electrons. The minimum Gasteiger partial charge on any atom is -1.00 e. The molecule has 7 heavy (non-hydrogen) atoms. The van der Waals surface area contributed by atoms with Gasteiger partial charge in [-0.3, -0.25) is 0 Å². The summed E-state index contributed by atoms with van der Waals surface area (Å²) in [4.78, 5) is 8.56. The van der Waals surface area contributed by atoms with Crippen molar-refractivity contribution in [1.82, 2.24) is 0 Å². The van der Waals surface area contributed by atoms with E-state index >= 15 is 0 Å². The Morgan fingerprint density at radius 1 is 1.43 bits per heavy atom. The van der Waals surface area contributed by atoms with Crippen molar-refractivity contribution in [3.63, 3.8) is 0 Å². The number of rotatable bonds is 0. The molecular formula is C2H7FeNaO3. The van der Waals surface area contributed by atoms with Crippen LogP contribution in [0.25, 0.3) is 0 Å². The van der Waals surface area contributed by atoms with Gasteiger partial charge in [-0.25, -0.2) is 4.79 Å². The van der Waals surface area contributed by atoms with Crippen LogP contribution in [-0.2, 0) is 17.1 Å². The first kappa shape index (κ1) is 25.0. The van der Waals surface area contributed by atoms with Crippen LogP contribution in [0.3, 0.4) is 0 Å². The van der Waals surface area contributed by atoms with Gasteiger partial charge in [0.15, 0.2) is 0 Å². The van der Waals surface area contributed by atoms with Crippen LogP contribution >= 0.6 is 0 Å². The predicted octanol–water partition coefficient (Wildman–Crippen LogP) is -2.03. The van der Waals surface area contributed by atoms with E-state index in [-0.39, 0.29) is 55.5 Å². The van der Waals surface area contributed by atoms with E-state index in [2.05, 4.69) is 0 Å². The third kappa shape index (κ3) is 250. The molecule has 0 rings (SSSR count). The Labute approximate surface area is 76.4 Å². The molecule has 42 valence electrons. The van der Waals surface area contributed by atoms with Gasteiger partial charge in [0.2, 0.25) is 0 Å². The van der Waals surface area contributed by atoms with Gasteiger partial charge in [0, 0.05) is 17.1 Å². The average molecular weight is 158 g/mol. The van der Waals surface area contributed by atoms with Crippen molar-refractivity contribution in [2.45, 2.75) is 7.43 Å². The number of carbonyl (C=O) groups is 1. The van der Waals surface area contributed by atoms with Gasteiger partial charge in [0.1, 0.15) is 0 Å². The van der Waals surface area contributed by atoms with Gasteiger partial charge in [0.05, 0.1) is 0 Å². The molecule has 2 N–H and O–H groups in total. The van der Waals surface area contributed by atoms with E-state index < -0.39 is 6.16 Å². The zero-order valence-corrected chi connectivity index (χ0v) is 6.26. The molecule has 0 aromatic carbocycles. The van der Waals surface area contributed by atoms with Crippen LogP contribution in [0.5, 0.6) is 0 Å². The average Bonchev–Trinajstić information content (AvgIpc) is 0.811. The third-order valence-corrected chi connectivity index (χ3v) is 0. The third-order valence-electron chi connectivity index (χ3n) is 0. The van der Waals surface area contributed by atoms with Crippen molar-refractivity contribution in [1.29, 1.82) is 0 Å². The summed E-state index contributed by atoms with van der Waals surface area (Å²) in [6, 6.07) is 0. The molecule has 0 aliphatic heterocycles. The first-order chi connectivity index (χ1) is 1.73. The van der Waals surface area contributed by atoms with E-state index in [0.717, 1.165) is 0 Å². The van der Waals surface area contributed by atoms with E-state index in [1.54, 1.807) is 0 Å². The van der Waals surface area contributed by atoms with Crippen LogP contribution in [0.4, 0.5) is 4.79 Å². The van der Waals surface area contributed by atoms with Crippen molar-refractivity contribution >= 4 is 6.16 Å². The number of carboxylic acid groups (broad SMARTS) is 2. The first-order valence-electron chi connectivity index (χ1n) is 0.651. The molecule has 0 saturated carbocycles. The van der Waals surface area contributed by atoms with E-state index in [9.17, 15) is 0 Å². The van der Waals surface area contributed by atoms with E-state index in [0.29, 0.717) is 0 Å². The molecule has 0 fully saturated rings. The van der Waals surface area contributed by atoms with Gasteiger partial charge in [-0.2, -0.15) is 0 Å². The fourth-order valence-corrected chi connectivity index (χ4v) is 0. The van der Waals surface area contributed by atoms with Crippen LogP contribution in [0.15, 0.2) is 0 Å². The SMILES string of the molecule is C.O=C(O)O.[Fe].[H-].[Na+]. The summed E-state index contributed by atoms with van der Waals surface area (Å²) in [6.07, 6.45) is -1.83. The minimum atomic E-state index is -1.83. The Kier molecular flexibility index (Phi) is 56.6. The largest absolute Gasteiger partial charge is 1.00 e. The van der Waals surface area contributed by atoms with E-state index in [1.165, 1.54) is 0 Å². The van der Waals surface area contributed by atoms with Crippen LogP contribution < -0.4 is 29.6 Å². The van der Waals surface area contributed by atoms with Crippen LogP contribution in [0.2, 0.25) is 0 Å². The summed E-state index contributed by atoms with van der Waals surface area (Å²) < 4.78 is 0. The topological polar surface area (TPSA) is 57.5 Å². The molecule has 0 amide bonds. The van der Waals surface area contributed by atoms with Crippen molar-refractivity contribution in [3.05, 3.63) is 0 Å². The van der Waals surface area contributed by atoms with Gasteiger partial charge >= 0.3 is 35.7 Å². The molecule has 0 unspecified atom stereocenters. The Bertz CT molecular complexity index is 40.3. The second-order valence-corrected chi connectivity index (χ2v) is 0.283. The molecule has 0 bridgehead atoms. The second-order valence-electron chi connectivity index (χ2n) is 0.283. The smallest absolute Gasteiger partial charge is 1.00 e. The molecular weight excluding hydrogens is 151 g/mol. The summed E-state index contributed by atoms with van der Waals surface area (Å²) in [5.74, 6) is 0. The van der Waals surface area contributed by atoms with E-state index in [1.807, 2.05) is 0 Å². The van der Waals surface area contributed by atoms with Gasteiger partial charge in [0.25, 0.3) is 0 Å². The fourth-order valence-electron chi connectivity index (χ4n) is 0. The Morgan fingerprint density at radius 2 is 1.43 bits per heavy atom. The van der Waals surface area contributed by atoms with Crippen molar-refractivity contribution < 1.29 is 63.1 Å².